The highest BCUT2D eigenvalue weighted by molar-refractivity contribution is 7.80. The highest BCUT2D eigenvalue weighted by Gasteiger charge is 2.08. The van der Waals surface area contributed by atoms with Crippen LogP contribution in [0.4, 0.5) is 0 Å². The SMILES string of the molecule is O=C1CCCO1.O=S1CCCO1. The number of ether oxygens (including phenoxy) is 1. The quantitative estimate of drug-likeness (QED) is 0.521. The zero-order chi connectivity index (χ0) is 8.81. The predicted octanol–water partition coefficient (Wildman–Crippen LogP) is 0.394. The summed E-state index contributed by atoms with van der Waals surface area (Å²) in [6.07, 6.45) is 2.51. The van der Waals surface area contributed by atoms with Crippen molar-refractivity contribution in [2.75, 3.05) is 19.0 Å². The van der Waals surface area contributed by atoms with E-state index in [-0.39, 0.29) is 5.97 Å². The van der Waals surface area contributed by atoms with Crippen LogP contribution in [0.25, 0.3) is 0 Å². The van der Waals surface area contributed by atoms with Gasteiger partial charge in [0.1, 0.15) is 0 Å². The summed E-state index contributed by atoms with van der Waals surface area (Å²) in [6.45, 7) is 1.32. The number of esters is 1. The van der Waals surface area contributed by atoms with E-state index in [1.54, 1.807) is 0 Å². The molecule has 0 aliphatic carbocycles. The number of cyclic esters (lactones) is 1. The topological polar surface area (TPSA) is 52.6 Å². The van der Waals surface area contributed by atoms with Crippen molar-refractivity contribution in [3.63, 3.8) is 0 Å². The van der Waals surface area contributed by atoms with Gasteiger partial charge in [-0.1, -0.05) is 0 Å². The second-order valence-corrected chi connectivity index (χ2v) is 3.76. The molecule has 4 nitrogen and oxygen atoms in total. The van der Waals surface area contributed by atoms with E-state index in [0.29, 0.717) is 19.6 Å². The lowest BCUT2D eigenvalue weighted by atomic mass is 10.4. The summed E-state index contributed by atoms with van der Waals surface area (Å²) >= 11 is -0.923. The molecule has 0 saturated carbocycles. The standard InChI is InChI=1S/C4H6O2.C3H6O2S/c5-4-2-1-3-6-4;4-6-3-1-2-5-6/h2*1-3H2. The van der Waals surface area contributed by atoms with E-state index in [2.05, 4.69) is 8.92 Å². The fraction of sp³-hybridized carbons (Fsp3) is 0.857. The Morgan fingerprint density at radius 3 is 2.25 bits per heavy atom. The van der Waals surface area contributed by atoms with Gasteiger partial charge in [0.2, 0.25) is 0 Å². The van der Waals surface area contributed by atoms with Crippen molar-refractivity contribution in [1.29, 1.82) is 0 Å². The normalized spacial score (nSPS) is 27.7. The molecule has 1 unspecified atom stereocenters. The second kappa shape index (κ2) is 5.27. The molecule has 0 N–H and O–H groups in total. The van der Waals surface area contributed by atoms with Gasteiger partial charge in [0.15, 0.2) is 11.1 Å². The molecule has 0 aromatic heterocycles. The third-order valence-electron chi connectivity index (χ3n) is 1.46. The largest absolute Gasteiger partial charge is 0.466 e. The number of rotatable bonds is 0. The summed E-state index contributed by atoms with van der Waals surface area (Å²) in [7, 11) is 0. The van der Waals surface area contributed by atoms with Crippen LogP contribution in [0.15, 0.2) is 0 Å². The lowest BCUT2D eigenvalue weighted by molar-refractivity contribution is -0.137. The molecule has 2 rings (SSSR count). The van der Waals surface area contributed by atoms with Crippen molar-refractivity contribution in [3.8, 4) is 0 Å². The van der Waals surface area contributed by atoms with Crippen molar-refractivity contribution in [3.05, 3.63) is 0 Å². The smallest absolute Gasteiger partial charge is 0.305 e. The fourth-order valence-electron chi connectivity index (χ4n) is 0.862. The Labute approximate surface area is 73.9 Å². The number of hydrogen-bond acceptors (Lipinski definition) is 4. The maximum atomic E-state index is 10.1. The van der Waals surface area contributed by atoms with E-state index in [1.165, 1.54) is 0 Å². The van der Waals surface area contributed by atoms with Crippen molar-refractivity contribution < 1.29 is 17.9 Å². The summed E-state index contributed by atoms with van der Waals surface area (Å²) in [4.78, 5) is 10.0. The molecule has 2 saturated heterocycles. The third-order valence-corrected chi connectivity index (χ3v) is 2.51. The van der Waals surface area contributed by atoms with Crippen molar-refractivity contribution >= 4 is 17.0 Å². The minimum atomic E-state index is -0.923. The van der Waals surface area contributed by atoms with Crippen LogP contribution in [-0.4, -0.2) is 29.1 Å². The van der Waals surface area contributed by atoms with Crippen LogP contribution < -0.4 is 0 Å². The Balaban J connectivity index is 0.000000120. The molecule has 0 amide bonds. The summed E-state index contributed by atoms with van der Waals surface area (Å²) in [6, 6.07) is 0. The van der Waals surface area contributed by atoms with E-state index in [4.69, 9.17) is 0 Å². The Kier molecular flexibility index (Phi) is 4.24. The minimum Gasteiger partial charge on any atom is -0.466 e. The van der Waals surface area contributed by atoms with Gasteiger partial charge in [-0.3, -0.25) is 8.98 Å². The van der Waals surface area contributed by atoms with Gasteiger partial charge in [-0.15, -0.1) is 0 Å². The van der Waals surface area contributed by atoms with Gasteiger partial charge in [0.25, 0.3) is 0 Å². The molecule has 1 atom stereocenters. The van der Waals surface area contributed by atoms with Crippen molar-refractivity contribution in [1.82, 2.24) is 0 Å². The first-order chi connectivity index (χ1) is 5.79. The van der Waals surface area contributed by atoms with E-state index in [0.717, 1.165) is 18.6 Å². The van der Waals surface area contributed by atoms with Crippen LogP contribution in [-0.2, 0) is 24.8 Å². The summed E-state index contributed by atoms with van der Waals surface area (Å²) < 4.78 is 19.3. The highest BCUT2D eigenvalue weighted by Crippen LogP contribution is 2.01. The van der Waals surface area contributed by atoms with Gasteiger partial charge in [0, 0.05) is 6.42 Å². The van der Waals surface area contributed by atoms with Crippen LogP contribution in [0.3, 0.4) is 0 Å². The molecule has 2 fully saturated rings. The first kappa shape index (κ1) is 9.67. The molecule has 0 radical (unpaired) electrons. The van der Waals surface area contributed by atoms with E-state index >= 15 is 0 Å². The number of carbonyl (C=O) groups is 1. The summed E-state index contributed by atoms with van der Waals surface area (Å²) in [5.41, 5.74) is 0. The van der Waals surface area contributed by atoms with Gasteiger partial charge >= 0.3 is 5.97 Å². The van der Waals surface area contributed by atoms with Gasteiger partial charge in [-0.05, 0) is 12.8 Å². The Morgan fingerprint density at radius 1 is 1.25 bits per heavy atom. The van der Waals surface area contributed by atoms with Gasteiger partial charge in [-0.25, -0.2) is 4.21 Å². The molecule has 0 aromatic carbocycles. The first-order valence-corrected chi connectivity index (χ1v) is 5.21. The Bertz CT molecular complexity index is 144. The van der Waals surface area contributed by atoms with Crippen molar-refractivity contribution in [2.24, 2.45) is 0 Å². The lowest BCUT2D eigenvalue weighted by Crippen LogP contribution is -1.88. The zero-order valence-electron chi connectivity index (χ0n) is 6.78. The van der Waals surface area contributed by atoms with E-state index in [1.807, 2.05) is 0 Å². The molecule has 0 spiro atoms. The number of hydrogen-bond donors (Lipinski definition) is 0. The minimum absolute atomic E-state index is 0.0463. The van der Waals surface area contributed by atoms with E-state index < -0.39 is 11.1 Å². The zero-order valence-corrected chi connectivity index (χ0v) is 7.60. The molecule has 2 aliphatic heterocycles. The lowest BCUT2D eigenvalue weighted by Gasteiger charge is -1.81. The van der Waals surface area contributed by atoms with Gasteiger partial charge in [0.05, 0.1) is 19.0 Å². The maximum Gasteiger partial charge on any atom is 0.305 e. The molecule has 2 aliphatic rings. The van der Waals surface area contributed by atoms with E-state index in [9.17, 15) is 9.00 Å². The van der Waals surface area contributed by atoms with Crippen LogP contribution in [0.5, 0.6) is 0 Å². The average molecular weight is 192 g/mol. The molecular formula is C7H12O4S. The first-order valence-electron chi connectivity index (χ1n) is 3.96. The van der Waals surface area contributed by atoms with Gasteiger partial charge in [-0.2, -0.15) is 0 Å². The third kappa shape index (κ3) is 3.82. The molecule has 0 aromatic rings. The molecular weight excluding hydrogens is 180 g/mol. The molecule has 70 valence electrons. The van der Waals surface area contributed by atoms with Gasteiger partial charge < -0.3 is 4.74 Å². The number of carbonyl (C=O) groups excluding carboxylic acids is 1. The summed E-state index contributed by atoms with van der Waals surface area (Å²) in [5, 5.41) is 0. The molecule has 2 heterocycles. The highest BCUT2D eigenvalue weighted by atomic mass is 32.2. The van der Waals surface area contributed by atoms with Crippen LogP contribution in [0.1, 0.15) is 19.3 Å². The molecule has 12 heavy (non-hydrogen) atoms. The monoisotopic (exact) mass is 192 g/mol. The molecule has 5 heteroatoms. The fourth-order valence-corrected chi connectivity index (χ4v) is 1.64. The summed E-state index contributed by atoms with van der Waals surface area (Å²) in [5.74, 6) is 0.690. The average Bonchev–Trinajstić information content (AvgIpc) is 2.63. The van der Waals surface area contributed by atoms with Crippen LogP contribution in [0, 0.1) is 0 Å². The van der Waals surface area contributed by atoms with Crippen LogP contribution in [0.2, 0.25) is 0 Å². The second-order valence-electron chi connectivity index (χ2n) is 2.51. The molecule has 0 bridgehead atoms. The Hall–Kier alpha value is -0.420. The van der Waals surface area contributed by atoms with Crippen LogP contribution >= 0.6 is 0 Å². The maximum absolute atomic E-state index is 10.1. The Morgan fingerprint density at radius 2 is 2.08 bits per heavy atom. The predicted molar refractivity (Wildman–Crippen MR) is 43.8 cm³/mol. The van der Waals surface area contributed by atoms with Crippen molar-refractivity contribution in [2.45, 2.75) is 19.3 Å².